The number of anilines is 2. The highest BCUT2D eigenvalue weighted by molar-refractivity contribution is 5.66. The Balaban J connectivity index is 1.92. The van der Waals surface area contributed by atoms with Crippen LogP contribution >= 0.6 is 0 Å². The van der Waals surface area contributed by atoms with Gasteiger partial charge in [0.2, 0.25) is 0 Å². The molecule has 0 unspecified atom stereocenters. The highest BCUT2D eigenvalue weighted by Gasteiger charge is 2.20. The second kappa shape index (κ2) is 4.37. The number of hydrogen-bond donors (Lipinski definition) is 1. The number of nitrogens with two attached hydrogens (primary N) is 1. The van der Waals surface area contributed by atoms with Gasteiger partial charge < -0.3 is 15.1 Å². The van der Waals surface area contributed by atoms with Gasteiger partial charge in [0.25, 0.3) is 0 Å². The summed E-state index contributed by atoms with van der Waals surface area (Å²) in [5.41, 5.74) is 10.5. The molecule has 0 fully saturated rings. The number of nitrogen functional groups attached to an aromatic ring is 1. The molecule has 18 heavy (non-hydrogen) atoms. The molecule has 0 bridgehead atoms. The van der Waals surface area contributed by atoms with Crippen LogP contribution in [0.4, 0.5) is 11.4 Å². The molecule has 3 rings (SSSR count). The monoisotopic (exact) mass is 243 g/mol. The third-order valence-corrected chi connectivity index (χ3v) is 3.57. The molecule has 4 heteroatoms. The Morgan fingerprint density at radius 2 is 2.33 bits per heavy atom. The van der Waals surface area contributed by atoms with Gasteiger partial charge in [-0.15, -0.1) is 0 Å². The van der Waals surface area contributed by atoms with Crippen LogP contribution in [0, 0.1) is 6.92 Å². The first-order valence-electron chi connectivity index (χ1n) is 6.27. The summed E-state index contributed by atoms with van der Waals surface area (Å²) in [6.45, 7) is 3.79. The molecule has 0 amide bonds. The van der Waals surface area contributed by atoms with Crippen LogP contribution in [0.25, 0.3) is 0 Å². The molecule has 0 saturated heterocycles. The lowest BCUT2D eigenvalue weighted by Gasteiger charge is -2.31. The minimum Gasteiger partial charge on any atom is -0.448 e. The lowest BCUT2D eigenvalue weighted by atomic mass is 10.00. The Hall–Kier alpha value is -1.97. The van der Waals surface area contributed by atoms with Crippen molar-refractivity contribution in [3.8, 4) is 0 Å². The second-order valence-electron chi connectivity index (χ2n) is 4.73. The van der Waals surface area contributed by atoms with Crippen molar-refractivity contribution in [1.29, 1.82) is 0 Å². The fraction of sp³-hybridized carbons (Fsp3) is 0.357. The van der Waals surface area contributed by atoms with E-state index in [1.807, 2.05) is 19.1 Å². The van der Waals surface area contributed by atoms with Crippen molar-refractivity contribution >= 4 is 11.4 Å². The van der Waals surface area contributed by atoms with Gasteiger partial charge in [0.15, 0.2) is 6.39 Å². The Morgan fingerprint density at radius 1 is 1.44 bits per heavy atom. The van der Waals surface area contributed by atoms with Gasteiger partial charge in [-0.25, -0.2) is 4.98 Å². The largest absolute Gasteiger partial charge is 0.448 e. The Morgan fingerprint density at radius 3 is 3.11 bits per heavy atom. The molecule has 2 heterocycles. The number of benzene rings is 1. The van der Waals surface area contributed by atoms with Gasteiger partial charge in [0.1, 0.15) is 11.5 Å². The minimum absolute atomic E-state index is 0.790. The normalized spacial score (nSPS) is 14.6. The van der Waals surface area contributed by atoms with Crippen molar-refractivity contribution in [3.63, 3.8) is 0 Å². The van der Waals surface area contributed by atoms with Crippen molar-refractivity contribution in [3.05, 3.63) is 41.6 Å². The number of rotatable bonds is 2. The van der Waals surface area contributed by atoms with Gasteiger partial charge in [-0.2, -0.15) is 0 Å². The van der Waals surface area contributed by atoms with Crippen LogP contribution in [0.2, 0.25) is 0 Å². The maximum atomic E-state index is 6.05. The molecule has 94 valence electrons. The molecule has 1 aliphatic heterocycles. The summed E-state index contributed by atoms with van der Waals surface area (Å²) in [5, 5.41) is 0. The molecule has 0 atom stereocenters. The first kappa shape index (κ1) is 11.1. The molecule has 1 aliphatic rings. The molecular formula is C14H17N3O. The van der Waals surface area contributed by atoms with Gasteiger partial charge in [0, 0.05) is 17.9 Å². The molecule has 4 nitrogen and oxygen atoms in total. The SMILES string of the molecule is Cc1ocnc1CN1CCCc2c(N)cccc21. The number of aryl methyl sites for hydroxylation is 1. The molecular weight excluding hydrogens is 226 g/mol. The van der Waals surface area contributed by atoms with E-state index in [1.54, 1.807) is 0 Å². The summed E-state index contributed by atoms with van der Waals surface area (Å²) in [6.07, 6.45) is 3.71. The number of fused-ring (bicyclic) bond motifs is 1. The molecule has 0 spiro atoms. The van der Waals surface area contributed by atoms with Crippen molar-refractivity contribution in [2.24, 2.45) is 0 Å². The smallest absolute Gasteiger partial charge is 0.181 e. The zero-order valence-corrected chi connectivity index (χ0v) is 10.5. The van der Waals surface area contributed by atoms with Gasteiger partial charge in [-0.3, -0.25) is 0 Å². The van der Waals surface area contributed by atoms with Crippen LogP contribution in [-0.2, 0) is 13.0 Å². The molecule has 0 radical (unpaired) electrons. The summed E-state index contributed by atoms with van der Waals surface area (Å²) in [7, 11) is 0. The van der Waals surface area contributed by atoms with E-state index in [4.69, 9.17) is 10.2 Å². The highest BCUT2D eigenvalue weighted by Crippen LogP contribution is 2.32. The first-order valence-corrected chi connectivity index (χ1v) is 6.27. The number of nitrogens with zero attached hydrogens (tertiary/aromatic N) is 2. The van der Waals surface area contributed by atoms with E-state index in [0.29, 0.717) is 0 Å². The predicted octanol–water partition coefficient (Wildman–Crippen LogP) is 2.52. The Bertz CT molecular complexity index is 562. The second-order valence-corrected chi connectivity index (χ2v) is 4.73. The predicted molar refractivity (Wildman–Crippen MR) is 71.5 cm³/mol. The van der Waals surface area contributed by atoms with Gasteiger partial charge >= 0.3 is 0 Å². The fourth-order valence-electron chi connectivity index (χ4n) is 2.55. The van der Waals surface area contributed by atoms with Crippen molar-refractivity contribution in [2.45, 2.75) is 26.3 Å². The standard InChI is InChI=1S/C14H17N3O/c1-10-13(16-9-18-10)8-17-7-3-4-11-12(15)5-2-6-14(11)17/h2,5-6,9H,3-4,7-8,15H2,1H3. The Kier molecular flexibility index (Phi) is 2.70. The molecule has 2 N–H and O–H groups in total. The Labute approximate surface area is 106 Å². The van der Waals surface area contributed by atoms with Crippen molar-refractivity contribution in [1.82, 2.24) is 4.98 Å². The topological polar surface area (TPSA) is 55.3 Å². The van der Waals surface area contributed by atoms with E-state index in [2.05, 4.69) is 16.0 Å². The van der Waals surface area contributed by atoms with Gasteiger partial charge in [0.05, 0.1) is 6.54 Å². The van der Waals surface area contributed by atoms with E-state index >= 15 is 0 Å². The summed E-state index contributed by atoms with van der Waals surface area (Å²) < 4.78 is 5.26. The quantitative estimate of drug-likeness (QED) is 0.823. The summed E-state index contributed by atoms with van der Waals surface area (Å²) >= 11 is 0. The molecule has 0 aliphatic carbocycles. The third-order valence-electron chi connectivity index (χ3n) is 3.57. The lowest BCUT2D eigenvalue weighted by molar-refractivity contribution is 0.523. The van der Waals surface area contributed by atoms with E-state index in [9.17, 15) is 0 Å². The van der Waals surface area contributed by atoms with E-state index in [1.165, 1.54) is 17.6 Å². The number of oxazole rings is 1. The summed E-state index contributed by atoms with van der Waals surface area (Å²) in [4.78, 5) is 6.60. The van der Waals surface area contributed by atoms with Crippen LogP contribution in [0.5, 0.6) is 0 Å². The maximum absolute atomic E-state index is 6.05. The van der Waals surface area contributed by atoms with Crippen LogP contribution in [0.15, 0.2) is 29.0 Å². The highest BCUT2D eigenvalue weighted by atomic mass is 16.3. The van der Waals surface area contributed by atoms with Gasteiger partial charge in [-0.1, -0.05) is 6.07 Å². The average molecular weight is 243 g/mol. The molecule has 1 aromatic heterocycles. The zero-order chi connectivity index (χ0) is 12.5. The summed E-state index contributed by atoms with van der Waals surface area (Å²) in [6, 6.07) is 6.13. The van der Waals surface area contributed by atoms with Crippen LogP contribution in [0.1, 0.15) is 23.4 Å². The van der Waals surface area contributed by atoms with E-state index < -0.39 is 0 Å². The zero-order valence-electron chi connectivity index (χ0n) is 10.5. The molecule has 1 aromatic carbocycles. The summed E-state index contributed by atoms with van der Waals surface area (Å²) in [5.74, 6) is 0.894. The molecule has 0 saturated carbocycles. The van der Waals surface area contributed by atoms with Crippen LogP contribution < -0.4 is 10.6 Å². The van der Waals surface area contributed by atoms with Crippen LogP contribution in [0.3, 0.4) is 0 Å². The third kappa shape index (κ3) is 1.83. The van der Waals surface area contributed by atoms with Crippen molar-refractivity contribution in [2.75, 3.05) is 17.2 Å². The number of aromatic nitrogens is 1. The molecule has 2 aromatic rings. The van der Waals surface area contributed by atoms with Gasteiger partial charge in [-0.05, 0) is 37.5 Å². The first-order chi connectivity index (χ1) is 8.75. The van der Waals surface area contributed by atoms with Crippen LogP contribution in [-0.4, -0.2) is 11.5 Å². The van der Waals surface area contributed by atoms with E-state index in [-0.39, 0.29) is 0 Å². The fourth-order valence-corrected chi connectivity index (χ4v) is 2.55. The maximum Gasteiger partial charge on any atom is 0.181 e. The minimum atomic E-state index is 0.790. The number of hydrogen-bond acceptors (Lipinski definition) is 4. The van der Waals surface area contributed by atoms with Crippen molar-refractivity contribution < 1.29 is 4.42 Å². The average Bonchev–Trinajstić information content (AvgIpc) is 2.77. The lowest BCUT2D eigenvalue weighted by Crippen LogP contribution is -2.29. The van der Waals surface area contributed by atoms with E-state index in [0.717, 1.165) is 43.1 Å².